The summed E-state index contributed by atoms with van der Waals surface area (Å²) in [7, 11) is 0. The second-order valence-corrected chi connectivity index (χ2v) is 3.46. The Morgan fingerprint density at radius 3 is 2.94 bits per heavy atom. The molecule has 0 aliphatic carbocycles. The normalized spacial score (nSPS) is 10.1. The lowest BCUT2D eigenvalue weighted by Crippen LogP contribution is -2.15. The number of halogens is 2. The number of nitrogens with zero attached hydrogens (tertiary/aromatic N) is 1. The van der Waals surface area contributed by atoms with Crippen LogP contribution in [0.1, 0.15) is 12.0 Å². The largest absolute Gasteiger partial charge is 0.375 e. The van der Waals surface area contributed by atoms with Crippen molar-refractivity contribution in [3.63, 3.8) is 0 Å². The molecule has 18 heavy (non-hydrogen) atoms. The number of anilines is 1. The van der Waals surface area contributed by atoms with Gasteiger partial charge in [0.25, 0.3) is 6.43 Å². The van der Waals surface area contributed by atoms with Gasteiger partial charge in [-0.3, -0.25) is 4.79 Å². The van der Waals surface area contributed by atoms with E-state index in [1.807, 2.05) is 6.07 Å². The molecule has 1 amide bonds. The highest BCUT2D eigenvalue weighted by atomic mass is 19.3. The lowest BCUT2D eigenvalue weighted by atomic mass is 10.2. The molecular formula is C12H12F2N2O2. The van der Waals surface area contributed by atoms with Crippen LogP contribution in [0.25, 0.3) is 0 Å². The fourth-order valence-electron chi connectivity index (χ4n) is 1.23. The van der Waals surface area contributed by atoms with Crippen LogP contribution in [0.4, 0.5) is 14.5 Å². The van der Waals surface area contributed by atoms with Crippen molar-refractivity contribution in [3.05, 3.63) is 29.8 Å². The molecule has 0 spiro atoms. The fraction of sp³-hybridized carbons (Fsp3) is 0.333. The summed E-state index contributed by atoms with van der Waals surface area (Å²) in [4.78, 5) is 11.4. The topological polar surface area (TPSA) is 62.1 Å². The summed E-state index contributed by atoms with van der Waals surface area (Å²) in [6.07, 6.45) is -2.54. The van der Waals surface area contributed by atoms with Crippen LogP contribution in [0.2, 0.25) is 0 Å². The summed E-state index contributed by atoms with van der Waals surface area (Å²) in [5, 5.41) is 11.2. The molecule has 0 bridgehead atoms. The van der Waals surface area contributed by atoms with E-state index in [9.17, 15) is 13.6 Å². The van der Waals surface area contributed by atoms with Gasteiger partial charge in [0.2, 0.25) is 5.91 Å². The molecule has 0 aliphatic heterocycles. The van der Waals surface area contributed by atoms with Gasteiger partial charge in [-0.1, -0.05) is 6.07 Å². The van der Waals surface area contributed by atoms with Crippen molar-refractivity contribution in [2.45, 2.75) is 12.8 Å². The molecule has 0 radical (unpaired) electrons. The second-order valence-electron chi connectivity index (χ2n) is 3.46. The van der Waals surface area contributed by atoms with E-state index in [-0.39, 0.29) is 18.9 Å². The third-order valence-corrected chi connectivity index (χ3v) is 1.99. The van der Waals surface area contributed by atoms with Crippen LogP contribution in [0.15, 0.2) is 24.3 Å². The molecule has 1 rings (SSSR count). The molecule has 96 valence electrons. The van der Waals surface area contributed by atoms with Gasteiger partial charge in [-0.15, -0.1) is 0 Å². The number of carbonyl (C=O) groups is 1. The van der Waals surface area contributed by atoms with Gasteiger partial charge in [0.1, 0.15) is 6.61 Å². The van der Waals surface area contributed by atoms with Crippen LogP contribution in [0.5, 0.6) is 0 Å². The van der Waals surface area contributed by atoms with Crippen molar-refractivity contribution in [1.29, 1.82) is 5.26 Å². The Morgan fingerprint density at radius 2 is 2.28 bits per heavy atom. The van der Waals surface area contributed by atoms with Crippen molar-refractivity contribution in [2.24, 2.45) is 0 Å². The molecule has 0 unspecified atom stereocenters. The molecule has 1 N–H and O–H groups in total. The van der Waals surface area contributed by atoms with Crippen molar-refractivity contribution >= 4 is 11.6 Å². The van der Waals surface area contributed by atoms with Crippen molar-refractivity contribution in [1.82, 2.24) is 0 Å². The smallest absolute Gasteiger partial charge is 0.261 e. The minimum absolute atomic E-state index is 0.0104. The monoisotopic (exact) mass is 254 g/mol. The van der Waals surface area contributed by atoms with E-state index in [1.165, 1.54) is 6.07 Å². The molecule has 6 heteroatoms. The number of benzene rings is 1. The summed E-state index contributed by atoms with van der Waals surface area (Å²) in [5.74, 6) is -0.348. The van der Waals surface area contributed by atoms with Crippen LogP contribution >= 0.6 is 0 Å². The van der Waals surface area contributed by atoms with Gasteiger partial charge in [0, 0.05) is 5.69 Å². The lowest BCUT2D eigenvalue weighted by Gasteiger charge is -2.06. The molecule has 0 atom stereocenters. The van der Waals surface area contributed by atoms with E-state index in [1.54, 1.807) is 18.2 Å². The number of alkyl halides is 2. The van der Waals surface area contributed by atoms with Crippen molar-refractivity contribution in [2.75, 3.05) is 18.5 Å². The minimum atomic E-state index is -2.53. The quantitative estimate of drug-likeness (QED) is 0.791. The van der Waals surface area contributed by atoms with Crippen LogP contribution in [-0.2, 0) is 9.53 Å². The van der Waals surface area contributed by atoms with E-state index in [0.717, 1.165) is 0 Å². The first-order valence-electron chi connectivity index (χ1n) is 5.27. The van der Waals surface area contributed by atoms with E-state index in [4.69, 9.17) is 5.26 Å². The number of nitrogens with one attached hydrogen (secondary N) is 1. The zero-order valence-corrected chi connectivity index (χ0v) is 9.53. The number of hydrogen-bond acceptors (Lipinski definition) is 3. The maximum Gasteiger partial charge on any atom is 0.261 e. The van der Waals surface area contributed by atoms with Gasteiger partial charge in [-0.25, -0.2) is 8.78 Å². The highest BCUT2D eigenvalue weighted by Gasteiger charge is 2.05. The SMILES string of the molecule is N#Cc1cccc(NC(=O)CCOCC(F)F)c1. The average Bonchev–Trinajstić information content (AvgIpc) is 2.34. The molecule has 0 aliphatic rings. The zero-order chi connectivity index (χ0) is 13.4. The third-order valence-electron chi connectivity index (χ3n) is 1.99. The van der Waals surface area contributed by atoms with E-state index < -0.39 is 13.0 Å². The maximum atomic E-state index is 11.7. The number of ether oxygens (including phenoxy) is 1. The average molecular weight is 254 g/mol. The zero-order valence-electron chi connectivity index (χ0n) is 9.53. The van der Waals surface area contributed by atoms with Gasteiger partial charge in [0.15, 0.2) is 0 Å². The molecule has 0 fully saturated rings. The molecule has 0 heterocycles. The second kappa shape index (κ2) is 7.35. The molecule has 1 aromatic carbocycles. The van der Waals surface area contributed by atoms with Crippen molar-refractivity contribution in [3.8, 4) is 6.07 Å². The first-order chi connectivity index (χ1) is 8.61. The minimum Gasteiger partial charge on any atom is -0.375 e. The highest BCUT2D eigenvalue weighted by Crippen LogP contribution is 2.09. The number of rotatable bonds is 6. The van der Waals surface area contributed by atoms with E-state index in [2.05, 4.69) is 10.1 Å². The van der Waals surface area contributed by atoms with E-state index >= 15 is 0 Å². The van der Waals surface area contributed by atoms with Gasteiger partial charge < -0.3 is 10.1 Å². The molecule has 4 nitrogen and oxygen atoms in total. The van der Waals surface area contributed by atoms with Gasteiger partial charge in [0.05, 0.1) is 24.7 Å². The first-order valence-corrected chi connectivity index (χ1v) is 5.27. The Hall–Kier alpha value is -2.00. The van der Waals surface area contributed by atoms with Crippen LogP contribution < -0.4 is 5.32 Å². The summed E-state index contributed by atoms with van der Waals surface area (Å²) in [6, 6.07) is 8.36. The highest BCUT2D eigenvalue weighted by molar-refractivity contribution is 5.90. The maximum absolute atomic E-state index is 11.7. The van der Waals surface area contributed by atoms with Crippen LogP contribution in [0.3, 0.4) is 0 Å². The summed E-state index contributed by atoms with van der Waals surface area (Å²) < 4.78 is 28.1. The molecule has 0 aromatic heterocycles. The van der Waals surface area contributed by atoms with Gasteiger partial charge in [-0.05, 0) is 18.2 Å². The van der Waals surface area contributed by atoms with Gasteiger partial charge in [-0.2, -0.15) is 5.26 Å². The molecular weight excluding hydrogens is 242 g/mol. The number of nitriles is 1. The first kappa shape index (κ1) is 14.1. The van der Waals surface area contributed by atoms with Crippen LogP contribution in [-0.4, -0.2) is 25.5 Å². The predicted octanol–water partition coefficient (Wildman–Crippen LogP) is 2.17. The third kappa shape index (κ3) is 5.37. The Morgan fingerprint density at radius 1 is 1.50 bits per heavy atom. The Kier molecular flexibility index (Phi) is 5.74. The summed E-state index contributed by atoms with van der Waals surface area (Å²) in [5.41, 5.74) is 0.926. The fourth-order valence-corrected chi connectivity index (χ4v) is 1.23. The molecule has 1 aromatic rings. The van der Waals surface area contributed by atoms with Crippen LogP contribution in [0, 0.1) is 11.3 Å². The summed E-state index contributed by atoms with van der Waals surface area (Å²) in [6.45, 7) is -0.731. The molecule has 0 saturated heterocycles. The number of amides is 1. The number of carbonyl (C=O) groups excluding carboxylic acids is 1. The lowest BCUT2D eigenvalue weighted by molar-refractivity contribution is -0.117. The van der Waals surface area contributed by atoms with Gasteiger partial charge >= 0.3 is 0 Å². The molecule has 0 saturated carbocycles. The predicted molar refractivity (Wildman–Crippen MR) is 61.2 cm³/mol. The Labute approximate surface area is 103 Å². The van der Waals surface area contributed by atoms with Crippen molar-refractivity contribution < 1.29 is 18.3 Å². The number of hydrogen-bond donors (Lipinski definition) is 1. The Balaban J connectivity index is 2.33. The Bertz CT molecular complexity index is 444. The summed E-state index contributed by atoms with van der Waals surface area (Å²) >= 11 is 0. The van der Waals surface area contributed by atoms with E-state index in [0.29, 0.717) is 11.3 Å². The standard InChI is InChI=1S/C12H12F2N2O2/c13-11(14)8-18-5-4-12(17)16-10-3-1-2-9(6-10)7-15/h1-3,6,11H,4-5,8H2,(H,16,17).